The smallest absolute Gasteiger partial charge is 0.412 e. The van der Waals surface area contributed by atoms with Crippen molar-refractivity contribution in [2.24, 2.45) is 0 Å². The van der Waals surface area contributed by atoms with Gasteiger partial charge in [-0.15, -0.1) is 0 Å². The van der Waals surface area contributed by atoms with Gasteiger partial charge in [0, 0.05) is 11.4 Å². The van der Waals surface area contributed by atoms with Crippen LogP contribution in [0.15, 0.2) is 24.3 Å². The molecular weight excluding hydrogens is 272 g/mol. The summed E-state index contributed by atoms with van der Waals surface area (Å²) in [6.45, 7) is 7.16. The van der Waals surface area contributed by atoms with Crippen molar-refractivity contribution in [3.63, 3.8) is 0 Å². The summed E-state index contributed by atoms with van der Waals surface area (Å²) in [5.74, 6) is -0.895. The molecule has 116 valence electrons. The van der Waals surface area contributed by atoms with E-state index in [9.17, 15) is 9.59 Å². The second-order valence-corrected chi connectivity index (χ2v) is 5.65. The molecule has 0 saturated carbocycles. The van der Waals surface area contributed by atoms with Gasteiger partial charge in [-0.3, -0.25) is 5.32 Å². The van der Waals surface area contributed by atoms with Crippen molar-refractivity contribution >= 4 is 23.4 Å². The molecule has 0 spiro atoms. The number of hydrogen-bond donors (Lipinski definition) is 3. The number of ether oxygens (including phenoxy) is 1. The molecule has 0 aliphatic carbocycles. The molecule has 1 unspecified atom stereocenters. The normalized spacial score (nSPS) is 12.4. The van der Waals surface area contributed by atoms with Gasteiger partial charge in [0.15, 0.2) is 0 Å². The van der Waals surface area contributed by atoms with Crippen LogP contribution >= 0.6 is 0 Å². The minimum atomic E-state index is -0.895. The van der Waals surface area contributed by atoms with Gasteiger partial charge in [0.25, 0.3) is 0 Å². The Morgan fingerprint density at radius 2 is 1.71 bits per heavy atom. The van der Waals surface area contributed by atoms with Gasteiger partial charge < -0.3 is 15.2 Å². The molecule has 0 aromatic heterocycles. The first kappa shape index (κ1) is 16.8. The Morgan fingerprint density at radius 1 is 1.19 bits per heavy atom. The zero-order chi connectivity index (χ0) is 16.0. The summed E-state index contributed by atoms with van der Waals surface area (Å²) in [5, 5.41) is 14.5. The lowest BCUT2D eigenvalue weighted by molar-refractivity contribution is -0.137. The number of nitrogens with one attached hydrogen (secondary N) is 2. The largest absolute Gasteiger partial charge is 0.480 e. The molecule has 0 bridgehead atoms. The summed E-state index contributed by atoms with van der Waals surface area (Å²) in [6, 6.07) is 6.15. The van der Waals surface area contributed by atoms with Gasteiger partial charge in [-0.1, -0.05) is 6.92 Å². The molecule has 21 heavy (non-hydrogen) atoms. The molecule has 1 aromatic carbocycles. The van der Waals surface area contributed by atoms with Gasteiger partial charge in [-0.05, 0) is 51.5 Å². The second kappa shape index (κ2) is 6.97. The van der Waals surface area contributed by atoms with Crippen LogP contribution in [0.2, 0.25) is 0 Å². The van der Waals surface area contributed by atoms with Crippen LogP contribution in [0.4, 0.5) is 16.2 Å². The summed E-state index contributed by atoms with van der Waals surface area (Å²) in [6.07, 6.45) is -0.0482. The average Bonchev–Trinajstić information content (AvgIpc) is 2.35. The Bertz CT molecular complexity index is 491. The SMILES string of the molecule is CCC(Nc1ccc(NC(=O)OC(C)(C)C)cc1)C(=O)O. The highest BCUT2D eigenvalue weighted by Gasteiger charge is 2.16. The Labute approximate surface area is 124 Å². The Hall–Kier alpha value is -2.24. The van der Waals surface area contributed by atoms with Gasteiger partial charge in [0.1, 0.15) is 11.6 Å². The van der Waals surface area contributed by atoms with E-state index in [0.29, 0.717) is 17.8 Å². The van der Waals surface area contributed by atoms with E-state index in [1.54, 1.807) is 52.0 Å². The van der Waals surface area contributed by atoms with E-state index in [4.69, 9.17) is 9.84 Å². The highest BCUT2D eigenvalue weighted by atomic mass is 16.6. The first-order valence-corrected chi connectivity index (χ1v) is 6.80. The zero-order valence-electron chi connectivity index (χ0n) is 12.8. The van der Waals surface area contributed by atoms with Crippen LogP contribution < -0.4 is 10.6 Å². The third-order valence-corrected chi connectivity index (χ3v) is 2.58. The van der Waals surface area contributed by atoms with Gasteiger partial charge in [-0.2, -0.15) is 0 Å². The fourth-order valence-electron chi connectivity index (χ4n) is 1.61. The maximum Gasteiger partial charge on any atom is 0.412 e. The van der Waals surface area contributed by atoms with Crippen molar-refractivity contribution in [3.05, 3.63) is 24.3 Å². The predicted molar refractivity (Wildman–Crippen MR) is 81.6 cm³/mol. The second-order valence-electron chi connectivity index (χ2n) is 5.65. The number of benzene rings is 1. The molecule has 0 fully saturated rings. The number of carbonyl (C=O) groups excluding carboxylic acids is 1. The topological polar surface area (TPSA) is 87.7 Å². The zero-order valence-corrected chi connectivity index (χ0v) is 12.8. The lowest BCUT2D eigenvalue weighted by Gasteiger charge is -2.20. The molecule has 0 heterocycles. The molecule has 1 amide bonds. The summed E-state index contributed by atoms with van der Waals surface area (Å²) in [4.78, 5) is 22.5. The average molecular weight is 294 g/mol. The molecule has 6 nitrogen and oxygen atoms in total. The first-order valence-electron chi connectivity index (χ1n) is 6.80. The van der Waals surface area contributed by atoms with Gasteiger partial charge in [0.2, 0.25) is 0 Å². The Kier molecular flexibility index (Phi) is 5.58. The van der Waals surface area contributed by atoms with Crippen molar-refractivity contribution in [2.45, 2.75) is 45.8 Å². The van der Waals surface area contributed by atoms with Crippen LogP contribution in [0.5, 0.6) is 0 Å². The van der Waals surface area contributed by atoms with E-state index in [1.807, 2.05) is 0 Å². The number of carboxylic acids is 1. The fraction of sp³-hybridized carbons (Fsp3) is 0.467. The Morgan fingerprint density at radius 3 is 2.14 bits per heavy atom. The van der Waals surface area contributed by atoms with Crippen LogP contribution in [0.25, 0.3) is 0 Å². The van der Waals surface area contributed by atoms with Crippen LogP contribution in [-0.2, 0) is 9.53 Å². The highest BCUT2D eigenvalue weighted by Crippen LogP contribution is 2.16. The quantitative estimate of drug-likeness (QED) is 0.775. The van der Waals surface area contributed by atoms with Crippen molar-refractivity contribution in [1.29, 1.82) is 0 Å². The number of carboxylic acid groups (broad SMARTS) is 1. The van der Waals surface area contributed by atoms with E-state index in [0.717, 1.165) is 0 Å². The number of amides is 1. The standard InChI is InChI=1S/C15H22N2O4/c1-5-12(13(18)19)16-10-6-8-11(9-7-10)17-14(20)21-15(2,3)4/h6-9,12,16H,5H2,1-4H3,(H,17,20)(H,18,19). The van der Waals surface area contributed by atoms with E-state index < -0.39 is 23.7 Å². The third kappa shape index (κ3) is 6.16. The first-order chi connectivity index (χ1) is 9.71. The predicted octanol–water partition coefficient (Wildman–Crippen LogP) is 3.31. The van der Waals surface area contributed by atoms with E-state index >= 15 is 0 Å². The van der Waals surface area contributed by atoms with Crippen molar-refractivity contribution in [1.82, 2.24) is 0 Å². The van der Waals surface area contributed by atoms with Crippen molar-refractivity contribution in [3.8, 4) is 0 Å². The number of carbonyl (C=O) groups is 2. The van der Waals surface area contributed by atoms with Crippen molar-refractivity contribution < 1.29 is 19.4 Å². The molecule has 3 N–H and O–H groups in total. The Balaban J connectivity index is 2.62. The molecular formula is C15H22N2O4. The highest BCUT2D eigenvalue weighted by molar-refractivity contribution is 5.85. The van der Waals surface area contributed by atoms with Crippen LogP contribution in [0.3, 0.4) is 0 Å². The van der Waals surface area contributed by atoms with Gasteiger partial charge in [0.05, 0.1) is 0 Å². The third-order valence-electron chi connectivity index (χ3n) is 2.58. The maximum absolute atomic E-state index is 11.6. The van der Waals surface area contributed by atoms with Gasteiger partial charge in [-0.25, -0.2) is 9.59 Å². The van der Waals surface area contributed by atoms with Crippen LogP contribution in [-0.4, -0.2) is 28.8 Å². The fourth-order valence-corrected chi connectivity index (χ4v) is 1.61. The summed E-state index contributed by atoms with van der Waals surface area (Å²) < 4.78 is 5.14. The van der Waals surface area contributed by atoms with Gasteiger partial charge >= 0.3 is 12.1 Å². The number of rotatable bonds is 5. The maximum atomic E-state index is 11.6. The monoisotopic (exact) mass is 294 g/mol. The number of aliphatic carboxylic acids is 1. The van der Waals surface area contributed by atoms with Crippen molar-refractivity contribution in [2.75, 3.05) is 10.6 Å². The molecule has 1 aromatic rings. The summed E-state index contributed by atoms with van der Waals surface area (Å²) >= 11 is 0. The van der Waals surface area contributed by atoms with E-state index in [-0.39, 0.29) is 0 Å². The number of anilines is 2. The molecule has 0 aliphatic rings. The molecule has 0 aliphatic heterocycles. The van der Waals surface area contributed by atoms with Crippen LogP contribution in [0, 0.1) is 0 Å². The summed E-state index contributed by atoms with van der Waals surface area (Å²) in [5.41, 5.74) is 0.707. The minimum absolute atomic E-state index is 0.479. The molecule has 6 heteroatoms. The molecule has 0 saturated heterocycles. The number of hydrogen-bond acceptors (Lipinski definition) is 4. The lowest BCUT2D eigenvalue weighted by Crippen LogP contribution is -2.28. The minimum Gasteiger partial charge on any atom is -0.480 e. The molecule has 1 atom stereocenters. The summed E-state index contributed by atoms with van der Waals surface area (Å²) in [7, 11) is 0. The van der Waals surface area contributed by atoms with E-state index in [1.165, 1.54) is 0 Å². The van der Waals surface area contributed by atoms with E-state index in [2.05, 4.69) is 10.6 Å². The molecule has 0 radical (unpaired) electrons. The van der Waals surface area contributed by atoms with Crippen LogP contribution in [0.1, 0.15) is 34.1 Å². The molecule has 1 rings (SSSR count). The lowest BCUT2D eigenvalue weighted by atomic mass is 10.2.